The number of fused-ring (bicyclic) bond motifs is 1. The second-order valence-electron chi connectivity index (χ2n) is 5.57. The van der Waals surface area contributed by atoms with Crippen molar-refractivity contribution in [3.63, 3.8) is 0 Å². The van der Waals surface area contributed by atoms with Gasteiger partial charge in [-0.3, -0.25) is 4.79 Å². The number of amides is 1. The fraction of sp³-hybridized carbons (Fsp3) is 0.312. The van der Waals surface area contributed by atoms with Crippen LogP contribution in [0.4, 0.5) is 0 Å². The Morgan fingerprint density at radius 1 is 1.24 bits per heavy atom. The summed E-state index contributed by atoms with van der Waals surface area (Å²) in [6.07, 6.45) is 2.57. The number of benzene rings is 1. The molecule has 8 nitrogen and oxygen atoms in total. The van der Waals surface area contributed by atoms with E-state index < -0.39 is 15.9 Å². The SMILES string of the molecule is CS(=O)(=O)N(CC(=O)NCc1ccco1)Cc1ccc2c(c1)OCO2. The Labute approximate surface area is 145 Å². The first-order valence-corrected chi connectivity index (χ1v) is 9.39. The fourth-order valence-corrected chi connectivity index (χ4v) is 3.08. The third kappa shape index (κ3) is 4.52. The zero-order valence-electron chi connectivity index (χ0n) is 13.6. The Hall–Kier alpha value is -2.52. The predicted octanol–water partition coefficient (Wildman–Crippen LogP) is 1.09. The van der Waals surface area contributed by atoms with Gasteiger partial charge in [0, 0.05) is 6.54 Å². The molecule has 2 aromatic rings. The summed E-state index contributed by atoms with van der Waals surface area (Å²) in [4.78, 5) is 12.1. The molecule has 3 rings (SSSR count). The van der Waals surface area contributed by atoms with Crippen molar-refractivity contribution in [3.05, 3.63) is 47.9 Å². The molecule has 1 N–H and O–H groups in total. The van der Waals surface area contributed by atoms with Gasteiger partial charge in [-0.05, 0) is 29.8 Å². The lowest BCUT2D eigenvalue weighted by Gasteiger charge is -2.19. The van der Waals surface area contributed by atoms with Crippen LogP contribution in [0.2, 0.25) is 0 Å². The molecule has 0 aliphatic carbocycles. The lowest BCUT2D eigenvalue weighted by atomic mass is 10.2. The van der Waals surface area contributed by atoms with Crippen LogP contribution in [0.5, 0.6) is 11.5 Å². The monoisotopic (exact) mass is 366 g/mol. The molecule has 25 heavy (non-hydrogen) atoms. The maximum Gasteiger partial charge on any atom is 0.235 e. The minimum Gasteiger partial charge on any atom is -0.467 e. The van der Waals surface area contributed by atoms with Crippen molar-refractivity contribution in [1.82, 2.24) is 9.62 Å². The average Bonchev–Trinajstić information content (AvgIpc) is 3.22. The highest BCUT2D eigenvalue weighted by molar-refractivity contribution is 7.88. The third-order valence-electron chi connectivity index (χ3n) is 3.62. The zero-order chi connectivity index (χ0) is 17.9. The van der Waals surface area contributed by atoms with Crippen LogP contribution in [-0.4, -0.2) is 38.2 Å². The molecule has 0 radical (unpaired) electrons. The van der Waals surface area contributed by atoms with Gasteiger partial charge in [0.2, 0.25) is 22.7 Å². The number of ether oxygens (including phenoxy) is 2. The van der Waals surface area contributed by atoms with Gasteiger partial charge in [0.25, 0.3) is 0 Å². The van der Waals surface area contributed by atoms with Crippen molar-refractivity contribution < 1.29 is 27.1 Å². The van der Waals surface area contributed by atoms with Gasteiger partial charge in [0.15, 0.2) is 11.5 Å². The Kier molecular flexibility index (Phi) is 4.95. The molecule has 0 bridgehead atoms. The maximum absolute atomic E-state index is 12.1. The molecular weight excluding hydrogens is 348 g/mol. The van der Waals surface area contributed by atoms with Gasteiger partial charge in [-0.1, -0.05) is 6.07 Å². The van der Waals surface area contributed by atoms with Gasteiger partial charge >= 0.3 is 0 Å². The van der Waals surface area contributed by atoms with Crippen molar-refractivity contribution in [1.29, 1.82) is 0 Å². The highest BCUT2D eigenvalue weighted by Crippen LogP contribution is 2.32. The summed E-state index contributed by atoms with van der Waals surface area (Å²) >= 11 is 0. The van der Waals surface area contributed by atoms with Crippen LogP contribution in [0.1, 0.15) is 11.3 Å². The van der Waals surface area contributed by atoms with Crippen molar-refractivity contribution in [3.8, 4) is 11.5 Å². The molecule has 1 amide bonds. The molecule has 0 fully saturated rings. The molecule has 0 atom stereocenters. The van der Waals surface area contributed by atoms with E-state index in [9.17, 15) is 13.2 Å². The Bertz CT molecular complexity index is 848. The second kappa shape index (κ2) is 7.16. The van der Waals surface area contributed by atoms with E-state index in [0.29, 0.717) is 22.8 Å². The van der Waals surface area contributed by atoms with E-state index >= 15 is 0 Å². The Morgan fingerprint density at radius 3 is 2.76 bits per heavy atom. The number of carbonyl (C=O) groups is 1. The number of hydrogen-bond acceptors (Lipinski definition) is 6. The van der Waals surface area contributed by atoms with Crippen LogP contribution >= 0.6 is 0 Å². The van der Waals surface area contributed by atoms with Gasteiger partial charge < -0.3 is 19.2 Å². The van der Waals surface area contributed by atoms with E-state index in [0.717, 1.165) is 10.6 Å². The van der Waals surface area contributed by atoms with Crippen LogP contribution < -0.4 is 14.8 Å². The molecule has 0 saturated carbocycles. The van der Waals surface area contributed by atoms with Crippen LogP contribution in [0.25, 0.3) is 0 Å². The van der Waals surface area contributed by atoms with Gasteiger partial charge in [0.1, 0.15) is 5.76 Å². The Morgan fingerprint density at radius 2 is 2.04 bits per heavy atom. The molecule has 1 aromatic carbocycles. The number of sulfonamides is 1. The van der Waals surface area contributed by atoms with E-state index in [4.69, 9.17) is 13.9 Å². The number of nitrogens with zero attached hydrogens (tertiary/aromatic N) is 1. The number of hydrogen-bond donors (Lipinski definition) is 1. The topological polar surface area (TPSA) is 98.1 Å². The molecule has 1 aliphatic heterocycles. The normalized spacial score (nSPS) is 13.2. The Balaban J connectivity index is 1.64. The highest BCUT2D eigenvalue weighted by Gasteiger charge is 2.22. The average molecular weight is 366 g/mol. The first kappa shape index (κ1) is 17.3. The quantitative estimate of drug-likeness (QED) is 0.788. The fourth-order valence-electron chi connectivity index (χ4n) is 2.35. The number of nitrogens with one attached hydrogen (secondary N) is 1. The summed E-state index contributed by atoms with van der Waals surface area (Å²) in [5.41, 5.74) is 0.702. The summed E-state index contributed by atoms with van der Waals surface area (Å²) < 4.78 is 40.8. The molecular formula is C16H18N2O6S. The first-order valence-electron chi connectivity index (χ1n) is 7.54. The summed E-state index contributed by atoms with van der Waals surface area (Å²) in [5, 5.41) is 2.63. The van der Waals surface area contributed by atoms with Crippen LogP contribution in [0, 0.1) is 0 Å². The van der Waals surface area contributed by atoms with Gasteiger partial charge in [-0.2, -0.15) is 4.31 Å². The van der Waals surface area contributed by atoms with Crippen molar-refractivity contribution in [2.75, 3.05) is 19.6 Å². The van der Waals surface area contributed by atoms with E-state index in [1.165, 1.54) is 6.26 Å². The van der Waals surface area contributed by atoms with Crippen molar-refractivity contribution in [2.24, 2.45) is 0 Å². The minimum atomic E-state index is -3.57. The minimum absolute atomic E-state index is 0.0592. The van der Waals surface area contributed by atoms with Crippen LogP contribution in [0.15, 0.2) is 41.0 Å². The van der Waals surface area contributed by atoms with Gasteiger partial charge in [-0.25, -0.2) is 8.42 Å². The van der Waals surface area contributed by atoms with Gasteiger partial charge in [-0.15, -0.1) is 0 Å². The lowest BCUT2D eigenvalue weighted by Crippen LogP contribution is -2.39. The van der Waals surface area contributed by atoms with Gasteiger partial charge in [0.05, 0.1) is 25.6 Å². The van der Waals surface area contributed by atoms with Crippen LogP contribution in [-0.2, 0) is 27.9 Å². The number of furan rings is 1. The molecule has 1 aliphatic rings. The summed E-state index contributed by atoms with van der Waals surface area (Å²) in [5.74, 6) is 1.36. The molecule has 0 unspecified atom stereocenters. The predicted molar refractivity (Wildman–Crippen MR) is 88.4 cm³/mol. The molecule has 1 aromatic heterocycles. The number of carbonyl (C=O) groups excluding carboxylic acids is 1. The van der Waals surface area contributed by atoms with E-state index in [1.54, 1.807) is 30.3 Å². The molecule has 9 heteroatoms. The van der Waals surface area contributed by atoms with Crippen molar-refractivity contribution >= 4 is 15.9 Å². The summed E-state index contributed by atoms with van der Waals surface area (Å²) in [6, 6.07) is 8.61. The van der Waals surface area contributed by atoms with E-state index in [-0.39, 0.29) is 26.4 Å². The standard InChI is InChI=1S/C16H18N2O6S/c1-25(20,21)18(10-16(19)17-8-13-3-2-6-22-13)9-12-4-5-14-15(7-12)24-11-23-14/h2-7H,8-11H2,1H3,(H,17,19). The summed E-state index contributed by atoms with van der Waals surface area (Å²) in [6.45, 7) is 0.120. The maximum atomic E-state index is 12.1. The molecule has 134 valence electrons. The summed E-state index contributed by atoms with van der Waals surface area (Å²) in [7, 11) is -3.57. The smallest absolute Gasteiger partial charge is 0.235 e. The van der Waals surface area contributed by atoms with Crippen LogP contribution in [0.3, 0.4) is 0 Å². The number of rotatable bonds is 7. The molecule has 0 spiro atoms. The highest BCUT2D eigenvalue weighted by atomic mass is 32.2. The largest absolute Gasteiger partial charge is 0.467 e. The van der Waals surface area contributed by atoms with E-state index in [1.807, 2.05) is 0 Å². The second-order valence-corrected chi connectivity index (χ2v) is 7.56. The third-order valence-corrected chi connectivity index (χ3v) is 4.82. The zero-order valence-corrected chi connectivity index (χ0v) is 14.4. The lowest BCUT2D eigenvalue weighted by molar-refractivity contribution is -0.121. The molecule has 2 heterocycles. The molecule has 0 saturated heterocycles. The first-order chi connectivity index (χ1) is 11.9. The van der Waals surface area contributed by atoms with E-state index in [2.05, 4.69) is 5.32 Å². The van der Waals surface area contributed by atoms with Crippen molar-refractivity contribution in [2.45, 2.75) is 13.1 Å².